The Bertz CT molecular complexity index is 3080. The Labute approximate surface area is 333 Å². The molecule has 2 aromatic heterocycles. The van der Waals surface area contributed by atoms with Crippen LogP contribution in [0.1, 0.15) is 0 Å². The van der Waals surface area contributed by atoms with Gasteiger partial charge >= 0.3 is 0 Å². The molecule has 3 heteroatoms. The number of aromatic nitrogens is 1. The minimum Gasteiger partial charge on any atom is -0.456 e. The van der Waals surface area contributed by atoms with Gasteiger partial charge in [0, 0.05) is 46.8 Å². The van der Waals surface area contributed by atoms with Crippen molar-refractivity contribution in [1.82, 2.24) is 4.57 Å². The first-order valence-electron chi connectivity index (χ1n) is 19.4. The molecule has 0 atom stereocenters. The Hall–Kier alpha value is -7.07. The van der Waals surface area contributed by atoms with Crippen LogP contribution in [0.5, 0.6) is 0 Å². The SMILES string of the molecule is c1ccc(S(c2ccccc2)(c2ccccc2)c2cccc(-c3cccc(-c4ccc5oc6ccc(-n7c8ccccc8c8ccccc87)cc6c5c4)c3)c2)cc1. The van der Waals surface area contributed by atoms with Crippen LogP contribution in [0.3, 0.4) is 0 Å². The van der Waals surface area contributed by atoms with E-state index in [-0.39, 0.29) is 0 Å². The summed E-state index contributed by atoms with van der Waals surface area (Å²) in [5.41, 5.74) is 9.99. The lowest BCUT2D eigenvalue weighted by molar-refractivity contribution is 0.669. The van der Waals surface area contributed by atoms with E-state index in [4.69, 9.17) is 4.42 Å². The number of hydrogen-bond acceptors (Lipinski definition) is 1. The molecule has 0 radical (unpaired) electrons. The quantitative estimate of drug-likeness (QED) is 0.159. The molecule has 11 rings (SSSR count). The molecule has 0 aliphatic heterocycles. The highest BCUT2D eigenvalue weighted by atomic mass is 32.3. The van der Waals surface area contributed by atoms with Crippen molar-refractivity contribution in [2.24, 2.45) is 0 Å². The molecule has 0 unspecified atom stereocenters. The molecule has 2 heterocycles. The van der Waals surface area contributed by atoms with E-state index in [0.29, 0.717) is 0 Å². The molecule has 0 N–H and O–H groups in total. The van der Waals surface area contributed by atoms with Gasteiger partial charge in [-0.05, 0) is 119 Å². The first kappa shape index (κ1) is 33.3. The second-order valence-corrected chi connectivity index (χ2v) is 17.6. The summed E-state index contributed by atoms with van der Waals surface area (Å²) in [5.74, 6) is 0. The molecule has 11 aromatic rings. The van der Waals surface area contributed by atoms with Gasteiger partial charge in [0.05, 0.1) is 11.0 Å². The van der Waals surface area contributed by atoms with Crippen LogP contribution in [-0.4, -0.2) is 4.57 Å². The zero-order chi connectivity index (χ0) is 37.8. The minimum atomic E-state index is -1.80. The highest BCUT2D eigenvalue weighted by Gasteiger charge is 2.33. The first-order valence-corrected chi connectivity index (χ1v) is 21.0. The van der Waals surface area contributed by atoms with Gasteiger partial charge < -0.3 is 8.98 Å². The van der Waals surface area contributed by atoms with E-state index < -0.39 is 10.0 Å². The van der Waals surface area contributed by atoms with Gasteiger partial charge in [-0.3, -0.25) is 0 Å². The van der Waals surface area contributed by atoms with Gasteiger partial charge in [0.15, 0.2) is 0 Å². The molecule has 9 aromatic carbocycles. The van der Waals surface area contributed by atoms with E-state index in [2.05, 4.69) is 229 Å². The monoisotopic (exact) mass is 747 g/mol. The molecule has 57 heavy (non-hydrogen) atoms. The average molecular weight is 748 g/mol. The Balaban J connectivity index is 1.03. The van der Waals surface area contributed by atoms with E-state index in [0.717, 1.165) is 33.2 Å². The second-order valence-electron chi connectivity index (χ2n) is 14.5. The second kappa shape index (κ2) is 13.6. The zero-order valence-corrected chi connectivity index (χ0v) is 31.9. The van der Waals surface area contributed by atoms with Crippen LogP contribution < -0.4 is 0 Å². The van der Waals surface area contributed by atoms with Crippen LogP contribution in [0, 0.1) is 0 Å². The maximum absolute atomic E-state index is 6.43. The van der Waals surface area contributed by atoms with Gasteiger partial charge in [-0.15, -0.1) is 10.0 Å². The number of benzene rings is 9. The molecule has 270 valence electrons. The van der Waals surface area contributed by atoms with Gasteiger partial charge in [-0.2, -0.15) is 0 Å². The van der Waals surface area contributed by atoms with Crippen molar-refractivity contribution in [3.63, 3.8) is 0 Å². The van der Waals surface area contributed by atoms with E-state index in [1.807, 2.05) is 0 Å². The lowest BCUT2D eigenvalue weighted by Gasteiger charge is -2.42. The highest BCUT2D eigenvalue weighted by Crippen LogP contribution is 2.73. The highest BCUT2D eigenvalue weighted by molar-refractivity contribution is 8.34. The van der Waals surface area contributed by atoms with E-state index in [1.54, 1.807) is 0 Å². The summed E-state index contributed by atoms with van der Waals surface area (Å²) in [6, 6.07) is 81.8. The summed E-state index contributed by atoms with van der Waals surface area (Å²) >= 11 is 0. The number of fused-ring (bicyclic) bond motifs is 6. The lowest BCUT2D eigenvalue weighted by atomic mass is 9.98. The fraction of sp³-hybridized carbons (Fsp3) is 0. The summed E-state index contributed by atoms with van der Waals surface area (Å²) in [6.07, 6.45) is 0. The fourth-order valence-electron chi connectivity index (χ4n) is 8.72. The molecule has 0 amide bonds. The summed E-state index contributed by atoms with van der Waals surface area (Å²) < 4.78 is 8.80. The number of hydrogen-bond donors (Lipinski definition) is 0. The van der Waals surface area contributed by atoms with Crippen molar-refractivity contribution >= 4 is 53.8 Å². The van der Waals surface area contributed by atoms with Crippen molar-refractivity contribution in [3.8, 4) is 27.9 Å². The van der Waals surface area contributed by atoms with E-state index >= 15 is 0 Å². The molecule has 0 saturated heterocycles. The van der Waals surface area contributed by atoms with E-state index in [1.165, 1.54) is 58.1 Å². The van der Waals surface area contributed by atoms with Gasteiger partial charge in [0.2, 0.25) is 0 Å². The smallest absolute Gasteiger partial charge is 0.135 e. The molecule has 0 bridgehead atoms. The summed E-state index contributed by atoms with van der Waals surface area (Å²) in [6.45, 7) is 0. The number of para-hydroxylation sites is 2. The summed E-state index contributed by atoms with van der Waals surface area (Å²) in [5, 5.41) is 4.73. The predicted octanol–water partition coefficient (Wildman–Crippen LogP) is 15.4. The molecule has 0 aliphatic carbocycles. The maximum atomic E-state index is 6.43. The Morgan fingerprint density at radius 2 is 0.737 bits per heavy atom. The largest absolute Gasteiger partial charge is 0.456 e. The third kappa shape index (κ3) is 5.43. The molecule has 0 aliphatic rings. The number of nitrogens with zero attached hydrogens (tertiary/aromatic N) is 1. The Kier molecular flexibility index (Phi) is 7.94. The lowest BCUT2D eigenvalue weighted by Crippen LogP contribution is -2.05. The van der Waals surface area contributed by atoms with Crippen LogP contribution >= 0.6 is 10.0 Å². The molecular weight excluding hydrogens is 711 g/mol. The minimum absolute atomic E-state index is 0.887. The number of rotatable bonds is 7. The van der Waals surface area contributed by atoms with Gasteiger partial charge in [0.25, 0.3) is 0 Å². The normalized spacial score (nSPS) is 12.1. The van der Waals surface area contributed by atoms with Crippen molar-refractivity contribution in [3.05, 3.63) is 224 Å². The third-order valence-corrected chi connectivity index (χ3v) is 15.2. The first-order chi connectivity index (χ1) is 28.3. The van der Waals surface area contributed by atoms with Crippen molar-refractivity contribution in [1.29, 1.82) is 0 Å². The van der Waals surface area contributed by atoms with Gasteiger partial charge in [0.1, 0.15) is 11.2 Å². The van der Waals surface area contributed by atoms with Crippen molar-refractivity contribution < 1.29 is 4.42 Å². The van der Waals surface area contributed by atoms with Gasteiger partial charge in [-0.1, -0.05) is 127 Å². The standard InChI is InChI=1S/C54H37NOS/c1-4-19-43(20-5-1)57(44-21-6-2-7-22-44,45-23-8-3-9-24-45)46-25-15-18-40(35-46)38-16-14-17-39(34-38)41-30-32-53-49(36-41)50-37-42(31-33-54(50)56-53)55-51-28-12-10-26-47(51)48-27-11-13-29-52(48)55/h1-37H. The van der Waals surface area contributed by atoms with Crippen LogP contribution in [-0.2, 0) is 0 Å². The fourth-order valence-corrected chi connectivity index (χ4v) is 12.6. The van der Waals surface area contributed by atoms with Crippen LogP contribution in [0.4, 0.5) is 0 Å². The molecular formula is C54H37NOS. The average Bonchev–Trinajstić information content (AvgIpc) is 3.83. The Morgan fingerprint density at radius 1 is 0.298 bits per heavy atom. The van der Waals surface area contributed by atoms with Crippen LogP contribution in [0.15, 0.2) is 248 Å². The van der Waals surface area contributed by atoms with Crippen LogP contribution in [0.25, 0.3) is 71.7 Å². The molecule has 0 spiro atoms. The van der Waals surface area contributed by atoms with Crippen molar-refractivity contribution in [2.45, 2.75) is 19.6 Å². The summed E-state index contributed by atoms with van der Waals surface area (Å²) in [4.78, 5) is 5.25. The van der Waals surface area contributed by atoms with Crippen LogP contribution in [0.2, 0.25) is 0 Å². The molecule has 0 fully saturated rings. The maximum Gasteiger partial charge on any atom is 0.135 e. The predicted molar refractivity (Wildman–Crippen MR) is 239 cm³/mol. The topological polar surface area (TPSA) is 18.1 Å². The molecule has 2 nitrogen and oxygen atoms in total. The van der Waals surface area contributed by atoms with Crippen molar-refractivity contribution in [2.75, 3.05) is 0 Å². The van der Waals surface area contributed by atoms with E-state index in [9.17, 15) is 0 Å². The number of furan rings is 1. The molecule has 0 saturated carbocycles. The van der Waals surface area contributed by atoms with Gasteiger partial charge in [-0.25, -0.2) is 0 Å². The summed E-state index contributed by atoms with van der Waals surface area (Å²) in [7, 11) is -1.80. The Morgan fingerprint density at radius 3 is 1.32 bits per heavy atom. The zero-order valence-electron chi connectivity index (χ0n) is 31.1. The third-order valence-electron chi connectivity index (χ3n) is 11.3.